The Kier molecular flexibility index (Phi) is 8.49. The van der Waals surface area contributed by atoms with Gasteiger partial charge < -0.3 is 20.5 Å². The summed E-state index contributed by atoms with van der Waals surface area (Å²) in [4.78, 5) is 37.3. The average Bonchev–Trinajstić information content (AvgIpc) is 3.58. The number of ether oxygens (including phenoxy) is 1. The monoisotopic (exact) mass is 638 g/mol. The summed E-state index contributed by atoms with van der Waals surface area (Å²) >= 11 is 0. The number of alkyl halides is 3. The normalized spacial score (nSPS) is 24.8. The van der Waals surface area contributed by atoms with Crippen LogP contribution in [-0.4, -0.2) is 50.0 Å². The van der Waals surface area contributed by atoms with Crippen molar-refractivity contribution >= 4 is 38.9 Å². The average molecular weight is 639 g/mol. The molecule has 9 nitrogen and oxygen atoms in total. The third kappa shape index (κ3) is 5.91. The number of methoxy groups -OCH3 is 1. The van der Waals surface area contributed by atoms with Crippen molar-refractivity contribution in [2.24, 2.45) is 23.7 Å². The second kappa shape index (κ2) is 11.9. The SMILES string of the molecule is COc1cc(F)c(C2=CC[C@H](C(=O)O)CC2)cc1C(=O)N[C@@H]1[C@H]2CC[C@H](C2)[C@@H]1C(=O)Nc1cccc(S(=O)(=O)C(F)(F)F)c1. The van der Waals surface area contributed by atoms with Crippen LogP contribution in [0.25, 0.3) is 5.57 Å². The molecule has 0 aromatic heterocycles. The summed E-state index contributed by atoms with van der Waals surface area (Å²) < 4.78 is 83.2. The van der Waals surface area contributed by atoms with Crippen molar-refractivity contribution in [3.8, 4) is 5.75 Å². The summed E-state index contributed by atoms with van der Waals surface area (Å²) in [6.45, 7) is 0. The maximum atomic E-state index is 15.1. The summed E-state index contributed by atoms with van der Waals surface area (Å²) in [5.41, 5.74) is -4.90. The Bertz CT molecular complexity index is 1640. The molecule has 0 saturated heterocycles. The summed E-state index contributed by atoms with van der Waals surface area (Å²) in [5, 5.41) is 14.7. The summed E-state index contributed by atoms with van der Waals surface area (Å²) in [6.07, 6.45) is 4.58. The topological polar surface area (TPSA) is 139 Å². The van der Waals surface area contributed by atoms with E-state index in [1.54, 1.807) is 6.08 Å². The van der Waals surface area contributed by atoms with Gasteiger partial charge in [0.1, 0.15) is 11.6 Å². The fourth-order valence-electron chi connectivity index (χ4n) is 6.66. The van der Waals surface area contributed by atoms with Crippen LogP contribution in [-0.2, 0) is 19.4 Å². The van der Waals surface area contributed by atoms with Crippen molar-refractivity contribution in [3.05, 3.63) is 59.4 Å². The Morgan fingerprint density at radius 1 is 1.05 bits per heavy atom. The first-order chi connectivity index (χ1) is 20.7. The lowest BCUT2D eigenvalue weighted by atomic mass is 9.83. The minimum absolute atomic E-state index is 0.0251. The molecule has 3 N–H and O–H groups in total. The highest BCUT2D eigenvalue weighted by molar-refractivity contribution is 7.92. The van der Waals surface area contributed by atoms with E-state index in [2.05, 4.69) is 10.6 Å². The number of allylic oxidation sites excluding steroid dienone is 2. The number of carbonyl (C=O) groups excluding carboxylic acids is 2. The van der Waals surface area contributed by atoms with E-state index in [1.807, 2.05) is 0 Å². The minimum Gasteiger partial charge on any atom is -0.496 e. The highest BCUT2D eigenvalue weighted by Crippen LogP contribution is 2.49. The lowest BCUT2D eigenvalue weighted by Gasteiger charge is -2.31. The van der Waals surface area contributed by atoms with Crippen LogP contribution in [0.3, 0.4) is 0 Å². The Hall–Kier alpha value is -3.94. The number of fused-ring (bicyclic) bond motifs is 2. The smallest absolute Gasteiger partial charge is 0.496 e. The van der Waals surface area contributed by atoms with Crippen molar-refractivity contribution in [1.82, 2.24) is 5.32 Å². The van der Waals surface area contributed by atoms with E-state index >= 15 is 4.39 Å². The van der Waals surface area contributed by atoms with E-state index in [-0.39, 0.29) is 40.8 Å². The van der Waals surface area contributed by atoms with Gasteiger partial charge in [0.25, 0.3) is 15.7 Å². The van der Waals surface area contributed by atoms with Crippen LogP contribution in [0.5, 0.6) is 5.75 Å². The fraction of sp³-hybridized carbons (Fsp3) is 0.433. The molecule has 0 aliphatic heterocycles. The number of benzene rings is 2. The van der Waals surface area contributed by atoms with Crippen LogP contribution in [0.4, 0.5) is 23.2 Å². The third-order valence-corrected chi connectivity index (χ3v) is 10.4. The first kappa shape index (κ1) is 31.5. The Balaban J connectivity index is 1.37. The van der Waals surface area contributed by atoms with Gasteiger partial charge in [0.15, 0.2) is 0 Å². The van der Waals surface area contributed by atoms with Gasteiger partial charge in [0.05, 0.1) is 29.4 Å². The zero-order valence-corrected chi connectivity index (χ0v) is 24.3. The molecule has 0 radical (unpaired) electrons. The van der Waals surface area contributed by atoms with E-state index in [0.717, 1.165) is 30.7 Å². The number of nitrogens with one attached hydrogen (secondary N) is 2. The quantitative estimate of drug-likeness (QED) is 0.339. The number of anilines is 1. The minimum atomic E-state index is -5.62. The highest BCUT2D eigenvalue weighted by Gasteiger charge is 2.52. The molecule has 14 heteroatoms. The van der Waals surface area contributed by atoms with E-state index < -0.39 is 61.7 Å². The second-order valence-electron chi connectivity index (χ2n) is 11.4. The van der Waals surface area contributed by atoms with Crippen molar-refractivity contribution in [2.45, 2.75) is 55.0 Å². The zero-order chi connectivity index (χ0) is 32.0. The molecule has 236 valence electrons. The van der Waals surface area contributed by atoms with Crippen LogP contribution in [0.2, 0.25) is 0 Å². The molecular formula is C30H30F4N2O7S. The lowest BCUT2D eigenvalue weighted by Crippen LogP contribution is -2.48. The Morgan fingerprint density at radius 2 is 1.77 bits per heavy atom. The number of hydrogen-bond donors (Lipinski definition) is 3. The molecule has 3 aliphatic carbocycles. The number of aliphatic carboxylic acids is 1. The van der Waals surface area contributed by atoms with E-state index in [1.165, 1.54) is 19.2 Å². The maximum absolute atomic E-state index is 15.1. The van der Waals surface area contributed by atoms with Crippen molar-refractivity contribution < 1.29 is 50.2 Å². The zero-order valence-electron chi connectivity index (χ0n) is 23.5. The number of rotatable bonds is 8. The summed E-state index contributed by atoms with van der Waals surface area (Å²) in [6, 6.07) is 5.69. The van der Waals surface area contributed by atoms with Crippen LogP contribution >= 0.6 is 0 Å². The van der Waals surface area contributed by atoms with Crippen LogP contribution in [0.15, 0.2) is 47.4 Å². The molecule has 3 aliphatic rings. The molecule has 5 rings (SSSR count). The van der Waals surface area contributed by atoms with Gasteiger partial charge in [0, 0.05) is 23.4 Å². The van der Waals surface area contributed by atoms with Crippen LogP contribution in [0, 0.1) is 29.5 Å². The molecule has 2 saturated carbocycles. The molecular weight excluding hydrogens is 608 g/mol. The molecule has 2 aromatic rings. The Labute approximate surface area is 250 Å². The summed E-state index contributed by atoms with van der Waals surface area (Å²) in [5.74, 6) is -4.28. The molecule has 0 heterocycles. The van der Waals surface area contributed by atoms with Gasteiger partial charge in [-0.25, -0.2) is 12.8 Å². The molecule has 2 aromatic carbocycles. The first-order valence-corrected chi connectivity index (χ1v) is 15.5. The molecule has 2 bridgehead atoms. The standard InChI is InChI=1S/C30H30F4N2O7S/c1-43-24-14-23(31)21(15-5-7-16(8-6-15)29(39)40)13-22(24)27(37)36-26-18-10-9-17(11-18)25(26)28(38)35-19-3-2-4-20(12-19)44(41,42)30(32,33)34/h2-5,12-14,16-18,25-26H,6-11H2,1H3,(H,35,38)(H,36,37)(H,39,40)/t16-,17+,18-,25-,26+/m0/s1. The first-order valence-electron chi connectivity index (χ1n) is 14.0. The predicted octanol–water partition coefficient (Wildman–Crippen LogP) is 5.18. The van der Waals surface area contributed by atoms with E-state index in [0.29, 0.717) is 31.3 Å². The van der Waals surface area contributed by atoms with Crippen LogP contribution in [0.1, 0.15) is 54.4 Å². The van der Waals surface area contributed by atoms with Gasteiger partial charge in [-0.05, 0) is 80.2 Å². The lowest BCUT2D eigenvalue weighted by molar-refractivity contribution is -0.141. The van der Waals surface area contributed by atoms with Gasteiger partial charge >= 0.3 is 11.5 Å². The number of carboxylic acids is 1. The van der Waals surface area contributed by atoms with E-state index in [4.69, 9.17) is 4.74 Å². The number of carbonyl (C=O) groups is 3. The van der Waals surface area contributed by atoms with Gasteiger partial charge in [-0.1, -0.05) is 12.1 Å². The van der Waals surface area contributed by atoms with Gasteiger partial charge in [-0.15, -0.1) is 0 Å². The molecule has 0 unspecified atom stereocenters. The predicted molar refractivity (Wildman–Crippen MR) is 150 cm³/mol. The van der Waals surface area contributed by atoms with E-state index in [9.17, 15) is 41.1 Å². The van der Waals surface area contributed by atoms with Crippen LogP contribution < -0.4 is 15.4 Å². The molecule has 2 fully saturated rings. The van der Waals surface area contributed by atoms with Crippen molar-refractivity contribution in [1.29, 1.82) is 0 Å². The van der Waals surface area contributed by atoms with Gasteiger partial charge in [-0.3, -0.25) is 14.4 Å². The summed E-state index contributed by atoms with van der Waals surface area (Å²) in [7, 11) is -4.34. The van der Waals surface area contributed by atoms with Gasteiger partial charge in [0.2, 0.25) is 5.91 Å². The molecule has 2 amide bonds. The molecule has 0 spiro atoms. The largest absolute Gasteiger partial charge is 0.501 e. The maximum Gasteiger partial charge on any atom is 0.501 e. The number of halogens is 4. The number of sulfone groups is 1. The number of hydrogen-bond acceptors (Lipinski definition) is 6. The number of amides is 2. The van der Waals surface area contributed by atoms with Gasteiger partial charge in [-0.2, -0.15) is 13.2 Å². The third-order valence-electron chi connectivity index (χ3n) is 8.87. The highest BCUT2D eigenvalue weighted by atomic mass is 32.2. The van der Waals surface area contributed by atoms with Crippen molar-refractivity contribution in [2.75, 3.05) is 12.4 Å². The Morgan fingerprint density at radius 3 is 2.41 bits per heavy atom. The second-order valence-corrected chi connectivity index (χ2v) is 13.3. The van der Waals surface area contributed by atoms with Crippen molar-refractivity contribution in [3.63, 3.8) is 0 Å². The molecule has 5 atom stereocenters. The number of carboxylic acid groups (broad SMARTS) is 1. The molecule has 44 heavy (non-hydrogen) atoms. The fourth-order valence-corrected chi connectivity index (χ4v) is 7.46.